The number of hydrogen-bond donors (Lipinski definition) is 2. The predicted octanol–water partition coefficient (Wildman–Crippen LogP) is 3.63. The maximum absolute atomic E-state index is 12.9. The number of hydrogen-bond acceptors (Lipinski definition) is 4. The highest BCUT2D eigenvalue weighted by Gasteiger charge is 2.07. The van der Waals surface area contributed by atoms with Crippen LogP contribution in [0.2, 0.25) is 0 Å². The van der Waals surface area contributed by atoms with Gasteiger partial charge in [0, 0.05) is 13.1 Å². The van der Waals surface area contributed by atoms with Gasteiger partial charge < -0.3 is 10.6 Å². The van der Waals surface area contributed by atoms with E-state index in [0.717, 1.165) is 24.8 Å². The molecule has 5 nitrogen and oxygen atoms in total. The second-order valence-electron chi connectivity index (χ2n) is 6.44. The Balaban J connectivity index is 1.38. The second kappa shape index (κ2) is 10.2. The number of nitrogens with one attached hydrogen (secondary N) is 2. The second-order valence-corrected chi connectivity index (χ2v) is 6.44. The zero-order chi connectivity index (χ0) is 19.6. The minimum absolute atomic E-state index is 0.224. The lowest BCUT2D eigenvalue weighted by Crippen LogP contribution is -2.26. The van der Waals surface area contributed by atoms with Crippen molar-refractivity contribution in [3.05, 3.63) is 89.6 Å². The van der Waals surface area contributed by atoms with Crippen LogP contribution in [0.5, 0.6) is 0 Å². The van der Waals surface area contributed by atoms with E-state index in [-0.39, 0.29) is 11.7 Å². The molecule has 0 aliphatic rings. The van der Waals surface area contributed by atoms with Crippen LogP contribution in [0.4, 0.5) is 10.2 Å². The summed E-state index contributed by atoms with van der Waals surface area (Å²) in [6.45, 7) is 1.23. The number of aromatic nitrogens is 2. The molecule has 3 aromatic rings. The number of benzene rings is 2. The molecule has 0 bridgehead atoms. The van der Waals surface area contributed by atoms with Gasteiger partial charge in [-0.2, -0.15) is 0 Å². The van der Waals surface area contributed by atoms with Gasteiger partial charge >= 0.3 is 0 Å². The SMILES string of the molecule is O=C(NCCCc1ccccc1)c1cnc(NCCc2ccc(F)cc2)cn1. The molecule has 0 spiro atoms. The van der Waals surface area contributed by atoms with E-state index in [1.807, 2.05) is 18.2 Å². The molecular weight excluding hydrogens is 355 g/mol. The van der Waals surface area contributed by atoms with Crippen LogP contribution in [-0.4, -0.2) is 29.0 Å². The van der Waals surface area contributed by atoms with E-state index < -0.39 is 0 Å². The normalized spacial score (nSPS) is 10.5. The van der Waals surface area contributed by atoms with Crippen molar-refractivity contribution in [2.24, 2.45) is 0 Å². The number of halogens is 1. The van der Waals surface area contributed by atoms with Crippen LogP contribution in [0.3, 0.4) is 0 Å². The third-order valence-electron chi connectivity index (χ3n) is 4.29. The molecule has 0 aliphatic heterocycles. The Morgan fingerprint density at radius 1 is 0.857 bits per heavy atom. The van der Waals surface area contributed by atoms with Crippen molar-refractivity contribution in [2.45, 2.75) is 19.3 Å². The number of anilines is 1. The van der Waals surface area contributed by atoms with Crippen LogP contribution >= 0.6 is 0 Å². The zero-order valence-corrected chi connectivity index (χ0v) is 15.6. The van der Waals surface area contributed by atoms with Gasteiger partial charge in [0.1, 0.15) is 17.3 Å². The van der Waals surface area contributed by atoms with Gasteiger partial charge in [-0.3, -0.25) is 4.79 Å². The monoisotopic (exact) mass is 378 g/mol. The Bertz CT molecular complexity index is 867. The number of nitrogens with zero attached hydrogens (tertiary/aromatic N) is 2. The van der Waals surface area contributed by atoms with Gasteiger partial charge in [-0.15, -0.1) is 0 Å². The van der Waals surface area contributed by atoms with Crippen molar-refractivity contribution in [3.8, 4) is 0 Å². The first-order chi connectivity index (χ1) is 13.7. The average molecular weight is 378 g/mol. The van der Waals surface area contributed by atoms with E-state index in [4.69, 9.17) is 0 Å². The Kier molecular flexibility index (Phi) is 7.07. The number of amides is 1. The molecule has 1 aromatic heterocycles. The Morgan fingerprint density at radius 3 is 2.32 bits per heavy atom. The zero-order valence-electron chi connectivity index (χ0n) is 15.6. The highest BCUT2D eigenvalue weighted by atomic mass is 19.1. The summed E-state index contributed by atoms with van der Waals surface area (Å²) < 4.78 is 12.9. The first-order valence-corrected chi connectivity index (χ1v) is 9.33. The molecule has 0 unspecified atom stereocenters. The number of carbonyl (C=O) groups excluding carboxylic acids is 1. The van der Waals surface area contributed by atoms with Gasteiger partial charge in [-0.25, -0.2) is 14.4 Å². The van der Waals surface area contributed by atoms with Crippen LogP contribution in [0.1, 0.15) is 28.0 Å². The van der Waals surface area contributed by atoms with Crippen molar-refractivity contribution < 1.29 is 9.18 Å². The first kappa shape index (κ1) is 19.5. The summed E-state index contributed by atoms with van der Waals surface area (Å²) in [6, 6.07) is 16.6. The maximum atomic E-state index is 12.9. The Hall–Kier alpha value is -3.28. The van der Waals surface area contributed by atoms with E-state index in [0.29, 0.717) is 24.6 Å². The summed E-state index contributed by atoms with van der Waals surface area (Å²) >= 11 is 0. The van der Waals surface area contributed by atoms with Gasteiger partial charge in [-0.05, 0) is 42.5 Å². The fraction of sp³-hybridized carbons (Fsp3) is 0.227. The Morgan fingerprint density at radius 2 is 1.61 bits per heavy atom. The highest BCUT2D eigenvalue weighted by molar-refractivity contribution is 5.91. The summed E-state index contributed by atoms with van der Waals surface area (Å²) in [7, 11) is 0. The van der Waals surface area contributed by atoms with Crippen LogP contribution < -0.4 is 10.6 Å². The molecule has 0 atom stereocenters. The van der Waals surface area contributed by atoms with E-state index in [1.165, 1.54) is 23.9 Å². The molecule has 3 rings (SSSR count). The first-order valence-electron chi connectivity index (χ1n) is 9.33. The summed E-state index contributed by atoms with van der Waals surface area (Å²) in [5.41, 5.74) is 2.59. The molecule has 0 saturated heterocycles. The summed E-state index contributed by atoms with van der Waals surface area (Å²) in [5, 5.41) is 6.01. The molecule has 6 heteroatoms. The largest absolute Gasteiger partial charge is 0.368 e. The van der Waals surface area contributed by atoms with Gasteiger partial charge in [0.25, 0.3) is 5.91 Å². The minimum Gasteiger partial charge on any atom is -0.368 e. The maximum Gasteiger partial charge on any atom is 0.271 e. The van der Waals surface area contributed by atoms with Gasteiger partial charge in [0.2, 0.25) is 0 Å². The predicted molar refractivity (Wildman–Crippen MR) is 108 cm³/mol. The molecule has 2 aromatic carbocycles. The molecule has 28 heavy (non-hydrogen) atoms. The molecule has 1 amide bonds. The van der Waals surface area contributed by atoms with Crippen molar-refractivity contribution in [3.63, 3.8) is 0 Å². The van der Waals surface area contributed by atoms with E-state index >= 15 is 0 Å². The highest BCUT2D eigenvalue weighted by Crippen LogP contribution is 2.06. The summed E-state index contributed by atoms with van der Waals surface area (Å²) in [6.07, 6.45) is 5.54. The number of carbonyl (C=O) groups is 1. The number of aryl methyl sites for hydroxylation is 1. The van der Waals surface area contributed by atoms with Crippen LogP contribution in [-0.2, 0) is 12.8 Å². The van der Waals surface area contributed by atoms with E-state index in [1.54, 1.807) is 18.3 Å². The van der Waals surface area contributed by atoms with Crippen molar-refractivity contribution in [1.82, 2.24) is 15.3 Å². The van der Waals surface area contributed by atoms with Gasteiger partial charge in [0.05, 0.1) is 12.4 Å². The van der Waals surface area contributed by atoms with Crippen molar-refractivity contribution >= 4 is 11.7 Å². The quantitative estimate of drug-likeness (QED) is 0.558. The molecule has 0 fully saturated rings. The van der Waals surface area contributed by atoms with Gasteiger partial charge in [0.15, 0.2) is 0 Å². The van der Waals surface area contributed by atoms with Gasteiger partial charge in [-0.1, -0.05) is 42.5 Å². The standard InChI is InChI=1S/C22H23FN4O/c23-19-10-8-18(9-11-19)12-14-24-21-16-26-20(15-27-21)22(28)25-13-4-7-17-5-2-1-3-6-17/h1-3,5-6,8-11,15-16H,4,7,12-14H2,(H,24,27)(H,25,28). The molecule has 1 heterocycles. The lowest BCUT2D eigenvalue weighted by atomic mass is 10.1. The number of rotatable bonds is 9. The average Bonchev–Trinajstić information content (AvgIpc) is 2.74. The summed E-state index contributed by atoms with van der Waals surface area (Å²) in [4.78, 5) is 20.5. The Labute approximate surface area is 164 Å². The molecule has 0 saturated carbocycles. The fourth-order valence-electron chi connectivity index (χ4n) is 2.75. The molecule has 2 N–H and O–H groups in total. The van der Waals surface area contributed by atoms with Crippen LogP contribution in [0.15, 0.2) is 67.0 Å². The van der Waals surface area contributed by atoms with Crippen molar-refractivity contribution in [1.29, 1.82) is 0 Å². The fourth-order valence-corrected chi connectivity index (χ4v) is 2.75. The molecule has 0 aliphatic carbocycles. The third-order valence-corrected chi connectivity index (χ3v) is 4.29. The molecular formula is C22H23FN4O. The topological polar surface area (TPSA) is 66.9 Å². The third kappa shape index (κ3) is 6.16. The van der Waals surface area contributed by atoms with Crippen LogP contribution in [0.25, 0.3) is 0 Å². The molecule has 0 radical (unpaired) electrons. The lowest BCUT2D eigenvalue weighted by molar-refractivity contribution is 0.0948. The summed E-state index contributed by atoms with van der Waals surface area (Å²) in [5.74, 6) is 0.137. The smallest absolute Gasteiger partial charge is 0.271 e. The van der Waals surface area contributed by atoms with E-state index in [9.17, 15) is 9.18 Å². The molecule has 144 valence electrons. The van der Waals surface area contributed by atoms with Crippen molar-refractivity contribution in [2.75, 3.05) is 18.4 Å². The van der Waals surface area contributed by atoms with Crippen LogP contribution in [0, 0.1) is 5.82 Å². The van der Waals surface area contributed by atoms with E-state index in [2.05, 4.69) is 32.7 Å². The minimum atomic E-state index is -0.239. The lowest BCUT2D eigenvalue weighted by Gasteiger charge is -2.07.